The van der Waals surface area contributed by atoms with Crippen molar-refractivity contribution in [2.45, 2.75) is 33.7 Å². The number of Topliss-reactive ketones (excluding diaryl/α,β-unsaturated/α-hetero) is 1. The zero-order valence-electron chi connectivity index (χ0n) is 16.5. The first-order valence-corrected chi connectivity index (χ1v) is 9.74. The van der Waals surface area contributed by atoms with Crippen LogP contribution in [0.15, 0.2) is 60.7 Å². The van der Waals surface area contributed by atoms with Crippen molar-refractivity contribution in [2.75, 3.05) is 0 Å². The number of hydrogen-bond donors (Lipinski definition) is 0. The number of carbonyl (C=O) groups excluding carboxylic acids is 2. The van der Waals surface area contributed by atoms with E-state index in [-0.39, 0.29) is 11.6 Å². The maximum absolute atomic E-state index is 13.2. The van der Waals surface area contributed by atoms with Crippen LogP contribution in [0, 0.1) is 0 Å². The molecule has 0 N–H and O–H groups in total. The van der Waals surface area contributed by atoms with Crippen LogP contribution >= 0.6 is 0 Å². The van der Waals surface area contributed by atoms with Crippen LogP contribution < -0.4 is 0 Å². The highest BCUT2D eigenvalue weighted by molar-refractivity contribution is 6.16. The molecule has 0 bridgehead atoms. The number of aromatic nitrogens is 1. The van der Waals surface area contributed by atoms with E-state index in [1.165, 1.54) is 0 Å². The molecule has 0 atom stereocenters. The summed E-state index contributed by atoms with van der Waals surface area (Å²) < 4.78 is 2.23. The van der Waals surface area contributed by atoms with Gasteiger partial charge in [0.15, 0.2) is 11.6 Å². The maximum atomic E-state index is 13.2. The highest BCUT2D eigenvalue weighted by Gasteiger charge is 2.16. The lowest BCUT2D eigenvalue weighted by atomic mass is 9.96. The van der Waals surface area contributed by atoms with E-state index < -0.39 is 0 Å². The van der Waals surface area contributed by atoms with Gasteiger partial charge in [-0.15, -0.1) is 0 Å². The number of hydrogen-bond acceptors (Lipinski definition) is 2. The second-order valence-corrected chi connectivity index (χ2v) is 7.10. The average Bonchev–Trinajstić information content (AvgIpc) is 3.05. The lowest BCUT2D eigenvalue weighted by Gasteiger charge is -2.07. The van der Waals surface area contributed by atoms with Crippen molar-refractivity contribution in [3.63, 3.8) is 0 Å². The van der Waals surface area contributed by atoms with Crippen LogP contribution in [-0.4, -0.2) is 16.1 Å². The van der Waals surface area contributed by atoms with Gasteiger partial charge >= 0.3 is 0 Å². The number of fused-ring (bicyclic) bond motifs is 3. The van der Waals surface area contributed by atoms with Crippen molar-refractivity contribution in [1.29, 1.82) is 0 Å². The minimum atomic E-state index is 0.0412. The normalized spacial score (nSPS) is 11.2. The Hall–Kier alpha value is -3.20. The third-order valence-corrected chi connectivity index (χ3v) is 5.49. The first-order chi connectivity index (χ1) is 13.5. The molecule has 0 aliphatic heterocycles. The molecule has 28 heavy (non-hydrogen) atoms. The summed E-state index contributed by atoms with van der Waals surface area (Å²) in [4.78, 5) is 25.1. The summed E-state index contributed by atoms with van der Waals surface area (Å²) in [7, 11) is 0. The summed E-state index contributed by atoms with van der Waals surface area (Å²) in [5, 5.41) is 2.03. The number of nitrogens with zero attached hydrogens (tertiary/aromatic N) is 1. The molecule has 4 rings (SSSR count). The van der Waals surface area contributed by atoms with Gasteiger partial charge in [-0.3, -0.25) is 9.59 Å². The molecule has 0 saturated heterocycles. The van der Waals surface area contributed by atoms with Crippen LogP contribution in [0.5, 0.6) is 0 Å². The number of carbonyl (C=O) groups is 2. The summed E-state index contributed by atoms with van der Waals surface area (Å²) in [5.74, 6) is 0.0860. The fraction of sp³-hybridized carbons (Fsp3) is 0.200. The quantitative estimate of drug-likeness (QED) is 0.416. The number of benzene rings is 3. The zero-order valence-corrected chi connectivity index (χ0v) is 16.5. The van der Waals surface area contributed by atoms with Crippen LogP contribution in [0.3, 0.4) is 0 Å². The Morgan fingerprint density at radius 2 is 1.43 bits per heavy atom. The van der Waals surface area contributed by atoms with Gasteiger partial charge in [0, 0.05) is 45.0 Å². The summed E-state index contributed by atoms with van der Waals surface area (Å²) >= 11 is 0. The maximum Gasteiger partial charge on any atom is 0.193 e. The van der Waals surface area contributed by atoms with E-state index >= 15 is 0 Å². The van der Waals surface area contributed by atoms with Gasteiger partial charge in [0.05, 0.1) is 0 Å². The average molecular weight is 369 g/mol. The van der Waals surface area contributed by atoms with Gasteiger partial charge in [0.2, 0.25) is 0 Å². The molecular formula is C25H23NO2. The Labute approximate surface area is 164 Å². The van der Waals surface area contributed by atoms with Gasteiger partial charge in [0.1, 0.15) is 0 Å². The first-order valence-electron chi connectivity index (χ1n) is 9.74. The van der Waals surface area contributed by atoms with Crippen molar-refractivity contribution in [1.82, 2.24) is 4.57 Å². The van der Waals surface area contributed by atoms with E-state index in [4.69, 9.17) is 0 Å². The molecule has 4 aromatic rings. The fourth-order valence-corrected chi connectivity index (χ4v) is 4.01. The van der Waals surface area contributed by atoms with Crippen LogP contribution in [-0.2, 0) is 13.0 Å². The number of aryl methyl sites for hydroxylation is 2. The lowest BCUT2D eigenvalue weighted by Crippen LogP contribution is -2.05. The molecule has 1 heterocycles. The molecule has 0 fully saturated rings. The Morgan fingerprint density at radius 1 is 0.821 bits per heavy atom. The molecule has 0 radical (unpaired) electrons. The molecule has 0 spiro atoms. The van der Waals surface area contributed by atoms with E-state index in [9.17, 15) is 9.59 Å². The van der Waals surface area contributed by atoms with Crippen molar-refractivity contribution in [3.05, 3.63) is 82.9 Å². The molecule has 1 aromatic heterocycles. The van der Waals surface area contributed by atoms with E-state index in [1.807, 2.05) is 60.7 Å². The number of ketones is 2. The first kappa shape index (κ1) is 18.2. The third kappa shape index (κ3) is 2.84. The van der Waals surface area contributed by atoms with Crippen LogP contribution in [0.25, 0.3) is 21.8 Å². The minimum absolute atomic E-state index is 0.0412. The lowest BCUT2D eigenvalue weighted by molar-refractivity contribution is 0.101. The third-order valence-electron chi connectivity index (χ3n) is 5.49. The van der Waals surface area contributed by atoms with Gasteiger partial charge in [-0.05, 0) is 62.2 Å². The largest absolute Gasteiger partial charge is 0.341 e. The number of rotatable bonds is 5. The molecule has 0 amide bonds. The monoisotopic (exact) mass is 369 g/mol. The Balaban J connectivity index is 1.95. The zero-order chi connectivity index (χ0) is 19.8. The molecule has 0 aliphatic carbocycles. The second-order valence-electron chi connectivity index (χ2n) is 7.10. The van der Waals surface area contributed by atoms with Crippen LogP contribution in [0.1, 0.15) is 52.6 Å². The summed E-state index contributed by atoms with van der Waals surface area (Å²) in [6, 6.07) is 19.5. The summed E-state index contributed by atoms with van der Waals surface area (Å²) in [6.45, 7) is 6.57. The predicted octanol–water partition coefficient (Wildman–Crippen LogP) is 5.81. The highest BCUT2D eigenvalue weighted by atomic mass is 16.1. The molecular weight excluding hydrogens is 346 g/mol. The minimum Gasteiger partial charge on any atom is -0.341 e. The molecule has 3 aromatic carbocycles. The summed E-state index contributed by atoms with van der Waals surface area (Å²) in [5.41, 5.74) is 5.35. The van der Waals surface area contributed by atoms with E-state index in [0.29, 0.717) is 11.1 Å². The van der Waals surface area contributed by atoms with E-state index in [1.54, 1.807) is 6.92 Å². The van der Waals surface area contributed by atoms with Gasteiger partial charge in [-0.1, -0.05) is 31.2 Å². The molecule has 0 unspecified atom stereocenters. The SMILES string of the molecule is CCc1ccccc1C(=O)c1ccc2c(c1)c1cc(C(C)=O)ccc1n2CC. The second kappa shape index (κ2) is 7.08. The van der Waals surface area contributed by atoms with Crippen molar-refractivity contribution in [2.24, 2.45) is 0 Å². The van der Waals surface area contributed by atoms with E-state index in [2.05, 4.69) is 18.4 Å². The van der Waals surface area contributed by atoms with Gasteiger partial charge < -0.3 is 4.57 Å². The smallest absolute Gasteiger partial charge is 0.193 e. The fourth-order valence-electron chi connectivity index (χ4n) is 4.01. The standard InChI is InChI=1S/C25H23NO2/c1-4-17-8-6-7-9-20(17)25(28)19-11-13-24-22(15-19)21-14-18(16(3)27)10-12-23(21)26(24)5-2/h6-15H,4-5H2,1-3H3. The Kier molecular flexibility index (Phi) is 4.60. The summed E-state index contributed by atoms with van der Waals surface area (Å²) in [6.07, 6.45) is 0.821. The topological polar surface area (TPSA) is 39.1 Å². The van der Waals surface area contributed by atoms with E-state index in [0.717, 1.165) is 45.9 Å². The van der Waals surface area contributed by atoms with Gasteiger partial charge in [0.25, 0.3) is 0 Å². The van der Waals surface area contributed by atoms with Gasteiger partial charge in [-0.25, -0.2) is 0 Å². The molecule has 140 valence electrons. The predicted molar refractivity (Wildman–Crippen MR) is 114 cm³/mol. The molecule has 3 heteroatoms. The van der Waals surface area contributed by atoms with Crippen molar-refractivity contribution >= 4 is 33.4 Å². The van der Waals surface area contributed by atoms with Crippen molar-refractivity contribution in [3.8, 4) is 0 Å². The van der Waals surface area contributed by atoms with Crippen LogP contribution in [0.4, 0.5) is 0 Å². The van der Waals surface area contributed by atoms with Gasteiger partial charge in [-0.2, -0.15) is 0 Å². The molecule has 0 saturated carbocycles. The molecule has 0 aliphatic rings. The Morgan fingerprint density at radius 3 is 2.04 bits per heavy atom. The van der Waals surface area contributed by atoms with Crippen molar-refractivity contribution < 1.29 is 9.59 Å². The van der Waals surface area contributed by atoms with Crippen LogP contribution in [0.2, 0.25) is 0 Å². The highest BCUT2D eigenvalue weighted by Crippen LogP contribution is 2.31. The Bertz CT molecular complexity index is 1230. The molecule has 3 nitrogen and oxygen atoms in total.